The molecule has 0 amide bonds. The van der Waals surface area contributed by atoms with Crippen molar-refractivity contribution in [2.24, 2.45) is 12.8 Å². The molecule has 0 saturated carbocycles. The molecule has 0 aromatic carbocycles. The first-order valence-corrected chi connectivity index (χ1v) is 3.89. The molecule has 4 N–H and O–H groups in total. The molecule has 6 nitrogen and oxygen atoms in total. The molecule has 0 aliphatic rings. The lowest BCUT2D eigenvalue weighted by Crippen LogP contribution is -2.33. The molecule has 1 aromatic heterocycles. The highest BCUT2D eigenvalue weighted by Crippen LogP contribution is 1.90. The Hall–Kier alpha value is -1.56. The van der Waals surface area contributed by atoms with Crippen molar-refractivity contribution in [2.45, 2.75) is 0 Å². The molecule has 1 rings (SSSR count). The molecule has 6 heteroatoms. The Bertz CT molecular complexity index is 361. The summed E-state index contributed by atoms with van der Waals surface area (Å²) < 4.78 is 0.994. The van der Waals surface area contributed by atoms with Gasteiger partial charge in [-0.05, 0) is 0 Å². The quantitative estimate of drug-likeness (QED) is 0.530. The minimum Gasteiger partial charge on any atom is -0.370 e. The van der Waals surface area contributed by atoms with E-state index in [0.717, 1.165) is 4.57 Å². The van der Waals surface area contributed by atoms with Gasteiger partial charge >= 0.3 is 5.69 Å². The zero-order valence-electron chi connectivity index (χ0n) is 7.33. The molecular formula is C7H12N4O2. The van der Waals surface area contributed by atoms with Crippen molar-refractivity contribution >= 4 is 5.82 Å². The second-order valence-corrected chi connectivity index (χ2v) is 2.60. The van der Waals surface area contributed by atoms with Crippen LogP contribution in [0.5, 0.6) is 0 Å². The maximum Gasteiger partial charge on any atom is 0.329 e. The van der Waals surface area contributed by atoms with Gasteiger partial charge in [0, 0.05) is 26.2 Å². The number of hydrogen-bond acceptors (Lipinski definition) is 4. The van der Waals surface area contributed by atoms with Gasteiger partial charge in [-0.3, -0.25) is 14.3 Å². The minimum atomic E-state index is -0.438. The van der Waals surface area contributed by atoms with Crippen LogP contribution in [0.25, 0.3) is 0 Å². The van der Waals surface area contributed by atoms with E-state index >= 15 is 0 Å². The van der Waals surface area contributed by atoms with Gasteiger partial charge in [0.25, 0.3) is 5.56 Å². The number of hydrogen-bond donors (Lipinski definition) is 3. The van der Waals surface area contributed by atoms with E-state index < -0.39 is 5.69 Å². The van der Waals surface area contributed by atoms with Gasteiger partial charge in [-0.1, -0.05) is 0 Å². The van der Waals surface area contributed by atoms with Gasteiger partial charge in [0.1, 0.15) is 5.82 Å². The summed E-state index contributed by atoms with van der Waals surface area (Å²) in [5.74, 6) is 0.401. The van der Waals surface area contributed by atoms with E-state index in [-0.39, 0.29) is 5.56 Å². The lowest BCUT2D eigenvalue weighted by Gasteiger charge is -2.03. The Balaban J connectivity index is 3.00. The van der Waals surface area contributed by atoms with Crippen LogP contribution in [0, 0.1) is 0 Å². The average molecular weight is 184 g/mol. The van der Waals surface area contributed by atoms with Crippen molar-refractivity contribution in [1.29, 1.82) is 0 Å². The predicted molar refractivity (Wildman–Crippen MR) is 49.8 cm³/mol. The predicted octanol–water partition coefficient (Wildman–Crippen LogP) is -1.56. The van der Waals surface area contributed by atoms with E-state index in [1.54, 1.807) is 0 Å². The van der Waals surface area contributed by atoms with E-state index in [2.05, 4.69) is 10.3 Å². The molecule has 1 heterocycles. The molecule has 13 heavy (non-hydrogen) atoms. The zero-order chi connectivity index (χ0) is 9.84. The van der Waals surface area contributed by atoms with Crippen LogP contribution in [-0.4, -0.2) is 22.6 Å². The standard InChI is InChI=1S/C7H12N4O2/c1-11-6(12)4-5(9-3-2-8)10-7(11)13/h4,9H,2-3,8H2,1H3,(H,10,13). The third-order valence-corrected chi connectivity index (χ3v) is 1.60. The first kappa shape index (κ1) is 9.53. The molecule has 1 aromatic rings. The summed E-state index contributed by atoms with van der Waals surface area (Å²) in [5.41, 5.74) is 4.46. The maximum atomic E-state index is 11.1. The monoisotopic (exact) mass is 184 g/mol. The fraction of sp³-hybridized carbons (Fsp3) is 0.429. The lowest BCUT2D eigenvalue weighted by molar-refractivity contribution is 0.775. The molecule has 0 radical (unpaired) electrons. The topological polar surface area (TPSA) is 92.9 Å². The molecule has 0 fully saturated rings. The van der Waals surface area contributed by atoms with Gasteiger partial charge in [0.05, 0.1) is 0 Å². The first-order valence-electron chi connectivity index (χ1n) is 3.89. The lowest BCUT2D eigenvalue weighted by atomic mass is 10.5. The second kappa shape index (κ2) is 3.90. The number of nitrogens with zero attached hydrogens (tertiary/aromatic N) is 1. The highest BCUT2D eigenvalue weighted by Gasteiger charge is 1.98. The number of H-pyrrole nitrogens is 1. The number of aromatic amines is 1. The Morgan fingerprint density at radius 2 is 2.31 bits per heavy atom. The summed E-state index contributed by atoms with van der Waals surface area (Å²) in [6.45, 7) is 0.959. The van der Waals surface area contributed by atoms with Crippen LogP contribution in [0.1, 0.15) is 0 Å². The highest BCUT2D eigenvalue weighted by molar-refractivity contribution is 5.31. The van der Waals surface area contributed by atoms with Crippen molar-refractivity contribution in [3.8, 4) is 0 Å². The van der Waals surface area contributed by atoms with E-state index in [1.807, 2.05) is 0 Å². The summed E-state index contributed by atoms with van der Waals surface area (Å²) in [5, 5.41) is 2.81. The highest BCUT2D eigenvalue weighted by atomic mass is 16.2. The summed E-state index contributed by atoms with van der Waals surface area (Å²) in [7, 11) is 1.41. The van der Waals surface area contributed by atoms with Crippen molar-refractivity contribution in [1.82, 2.24) is 9.55 Å². The molecule has 0 atom stereocenters. The van der Waals surface area contributed by atoms with Crippen LogP contribution in [0.2, 0.25) is 0 Å². The van der Waals surface area contributed by atoms with Crippen molar-refractivity contribution in [2.75, 3.05) is 18.4 Å². The fourth-order valence-electron chi connectivity index (χ4n) is 0.858. The molecular weight excluding hydrogens is 172 g/mol. The van der Waals surface area contributed by atoms with Gasteiger partial charge in [-0.25, -0.2) is 4.79 Å². The Morgan fingerprint density at radius 1 is 1.62 bits per heavy atom. The summed E-state index contributed by atoms with van der Waals surface area (Å²) in [6.07, 6.45) is 0. The molecule has 0 bridgehead atoms. The second-order valence-electron chi connectivity index (χ2n) is 2.60. The van der Waals surface area contributed by atoms with E-state index in [0.29, 0.717) is 18.9 Å². The summed E-state index contributed by atoms with van der Waals surface area (Å²) in [6, 6.07) is 1.32. The van der Waals surface area contributed by atoms with Crippen molar-refractivity contribution in [3.63, 3.8) is 0 Å². The van der Waals surface area contributed by atoms with Crippen LogP contribution in [-0.2, 0) is 7.05 Å². The van der Waals surface area contributed by atoms with Crippen molar-refractivity contribution in [3.05, 3.63) is 26.9 Å². The first-order chi connectivity index (χ1) is 6.15. The number of aromatic nitrogens is 2. The van der Waals surface area contributed by atoms with Crippen LogP contribution >= 0.6 is 0 Å². The van der Waals surface area contributed by atoms with Gasteiger partial charge in [0.15, 0.2) is 0 Å². The normalized spacial score (nSPS) is 10.0. The van der Waals surface area contributed by atoms with Crippen LogP contribution in [0.4, 0.5) is 5.82 Å². The Kier molecular flexibility index (Phi) is 2.86. The van der Waals surface area contributed by atoms with Crippen molar-refractivity contribution < 1.29 is 0 Å². The van der Waals surface area contributed by atoms with Crippen LogP contribution in [0.3, 0.4) is 0 Å². The average Bonchev–Trinajstić information content (AvgIpc) is 2.10. The number of anilines is 1. The van der Waals surface area contributed by atoms with E-state index in [9.17, 15) is 9.59 Å². The van der Waals surface area contributed by atoms with Gasteiger partial charge in [-0.15, -0.1) is 0 Å². The number of nitrogens with two attached hydrogens (primary N) is 1. The molecule has 0 saturated heterocycles. The van der Waals surface area contributed by atoms with Gasteiger partial charge < -0.3 is 11.1 Å². The van der Waals surface area contributed by atoms with Gasteiger partial charge in [-0.2, -0.15) is 0 Å². The number of nitrogens with one attached hydrogen (secondary N) is 2. The molecule has 0 spiro atoms. The largest absolute Gasteiger partial charge is 0.370 e. The third-order valence-electron chi connectivity index (χ3n) is 1.60. The smallest absolute Gasteiger partial charge is 0.329 e. The van der Waals surface area contributed by atoms with Crippen LogP contribution < -0.4 is 22.3 Å². The third kappa shape index (κ3) is 2.19. The van der Waals surface area contributed by atoms with Crippen LogP contribution in [0.15, 0.2) is 15.7 Å². The van der Waals surface area contributed by atoms with E-state index in [1.165, 1.54) is 13.1 Å². The Morgan fingerprint density at radius 3 is 2.85 bits per heavy atom. The summed E-state index contributed by atoms with van der Waals surface area (Å²) >= 11 is 0. The zero-order valence-corrected chi connectivity index (χ0v) is 7.33. The fourth-order valence-corrected chi connectivity index (χ4v) is 0.858. The SMILES string of the molecule is Cn1c(=O)cc(NCCN)[nH]c1=O. The number of rotatable bonds is 3. The molecule has 0 aliphatic heterocycles. The maximum absolute atomic E-state index is 11.1. The van der Waals surface area contributed by atoms with Gasteiger partial charge in [0.2, 0.25) is 0 Å². The Labute approximate surface area is 74.4 Å². The molecule has 72 valence electrons. The molecule has 0 unspecified atom stereocenters. The molecule has 0 aliphatic carbocycles. The summed E-state index contributed by atoms with van der Waals surface area (Å²) in [4.78, 5) is 24.6. The minimum absolute atomic E-state index is 0.344. The van der Waals surface area contributed by atoms with E-state index in [4.69, 9.17) is 5.73 Å².